The molecule has 3 aromatic carbocycles. The molecule has 0 spiro atoms. The fourth-order valence-corrected chi connectivity index (χ4v) is 5.41. The zero-order valence-corrected chi connectivity index (χ0v) is 23.7. The number of carbonyl (C=O) groups excluding carboxylic acids is 2. The minimum atomic E-state index is -0.850. The van der Waals surface area contributed by atoms with Crippen LogP contribution in [0.5, 0.6) is 17.2 Å². The maximum absolute atomic E-state index is 13.0. The lowest BCUT2D eigenvalue weighted by atomic mass is 10.0. The molecule has 0 heterocycles. The Balaban J connectivity index is 1.50. The lowest BCUT2D eigenvalue weighted by Gasteiger charge is -2.16. The summed E-state index contributed by atoms with van der Waals surface area (Å²) in [4.78, 5) is 35.7. The Kier molecular flexibility index (Phi) is 12.1. The van der Waals surface area contributed by atoms with E-state index in [1.165, 1.54) is 18.7 Å². The number of phenols is 1. The smallest absolute Gasteiger partial charge is 0.304 e. The number of carboxylic acids is 1. The first-order valence-electron chi connectivity index (χ1n) is 13.4. The van der Waals surface area contributed by atoms with E-state index in [-0.39, 0.29) is 35.4 Å². The number of hydrogen-bond donors (Lipinski definition) is 2. The Labute approximate surface area is 239 Å². The minimum Gasteiger partial charge on any atom is -0.507 e. The van der Waals surface area contributed by atoms with Crippen molar-refractivity contribution in [2.24, 2.45) is 0 Å². The monoisotopic (exact) mass is 564 g/mol. The maximum atomic E-state index is 13.0. The number of ketones is 2. The van der Waals surface area contributed by atoms with E-state index in [0.717, 1.165) is 12.0 Å². The molecule has 1 unspecified atom stereocenters. The van der Waals surface area contributed by atoms with Crippen molar-refractivity contribution in [1.82, 2.24) is 0 Å². The molecule has 0 radical (unpaired) electrons. The highest BCUT2D eigenvalue weighted by molar-refractivity contribution is 7.99. The van der Waals surface area contributed by atoms with Crippen LogP contribution in [0.3, 0.4) is 0 Å². The Morgan fingerprint density at radius 3 is 2.27 bits per heavy atom. The van der Waals surface area contributed by atoms with Crippen molar-refractivity contribution < 1.29 is 34.1 Å². The molecular formula is C32H36O7S. The van der Waals surface area contributed by atoms with Gasteiger partial charge in [-0.2, -0.15) is 11.8 Å². The van der Waals surface area contributed by atoms with Crippen molar-refractivity contribution in [2.45, 2.75) is 51.2 Å². The molecule has 0 bridgehead atoms. The van der Waals surface area contributed by atoms with Crippen LogP contribution in [0.1, 0.15) is 76.6 Å². The van der Waals surface area contributed by atoms with Crippen molar-refractivity contribution in [1.29, 1.82) is 0 Å². The summed E-state index contributed by atoms with van der Waals surface area (Å²) in [5, 5.41) is 19.3. The van der Waals surface area contributed by atoms with Crippen molar-refractivity contribution in [3.8, 4) is 17.2 Å². The molecule has 8 heteroatoms. The van der Waals surface area contributed by atoms with E-state index >= 15 is 0 Å². The molecule has 0 aliphatic heterocycles. The van der Waals surface area contributed by atoms with Crippen LogP contribution in [-0.2, 0) is 11.2 Å². The fourth-order valence-electron chi connectivity index (χ4n) is 4.21. The highest BCUT2D eigenvalue weighted by atomic mass is 32.2. The van der Waals surface area contributed by atoms with Crippen LogP contribution < -0.4 is 9.47 Å². The predicted molar refractivity (Wildman–Crippen MR) is 157 cm³/mol. The number of carbonyl (C=O) groups is 3. The molecule has 1 atom stereocenters. The molecule has 3 aromatic rings. The van der Waals surface area contributed by atoms with Gasteiger partial charge in [-0.15, -0.1) is 0 Å². The number of Topliss-reactive ketones (excluding diaryl/α,β-unsaturated/α-hetero) is 2. The third-order valence-corrected chi connectivity index (χ3v) is 7.57. The fraction of sp³-hybridized carbons (Fsp3) is 0.344. The van der Waals surface area contributed by atoms with Gasteiger partial charge >= 0.3 is 5.97 Å². The SMILES string of the molecule is CCCc1c(OCCCOc2ccc(C(=O)CC(SCCC(=O)O)c3ccccc3)cc2)ccc(C(C)=O)c1O. The third kappa shape index (κ3) is 9.16. The Morgan fingerprint density at radius 1 is 0.925 bits per heavy atom. The predicted octanol–water partition coefficient (Wildman–Crippen LogP) is 6.92. The van der Waals surface area contributed by atoms with E-state index < -0.39 is 5.97 Å². The number of phenolic OH excluding ortho intramolecular Hbond substituents is 1. The van der Waals surface area contributed by atoms with Gasteiger partial charge in [-0.3, -0.25) is 14.4 Å². The molecule has 0 saturated heterocycles. The van der Waals surface area contributed by atoms with E-state index in [1.54, 1.807) is 36.4 Å². The Morgan fingerprint density at radius 2 is 1.62 bits per heavy atom. The van der Waals surface area contributed by atoms with Crippen LogP contribution in [0.4, 0.5) is 0 Å². The van der Waals surface area contributed by atoms with Crippen molar-refractivity contribution >= 4 is 29.3 Å². The summed E-state index contributed by atoms with van der Waals surface area (Å²) in [6.07, 6.45) is 2.34. The van der Waals surface area contributed by atoms with Gasteiger partial charge in [0.25, 0.3) is 0 Å². The van der Waals surface area contributed by atoms with Gasteiger partial charge in [0, 0.05) is 35.0 Å². The quantitative estimate of drug-likeness (QED) is 0.134. The van der Waals surface area contributed by atoms with Gasteiger partial charge in [0.2, 0.25) is 0 Å². The topological polar surface area (TPSA) is 110 Å². The molecule has 3 rings (SSSR count). The van der Waals surface area contributed by atoms with E-state index in [9.17, 15) is 19.5 Å². The zero-order valence-electron chi connectivity index (χ0n) is 22.9. The maximum Gasteiger partial charge on any atom is 0.304 e. The first-order chi connectivity index (χ1) is 19.3. The normalized spacial score (nSPS) is 11.6. The van der Waals surface area contributed by atoms with Crippen LogP contribution in [0.15, 0.2) is 66.7 Å². The Bertz CT molecular complexity index is 1270. The van der Waals surface area contributed by atoms with Crippen molar-refractivity contribution in [2.75, 3.05) is 19.0 Å². The van der Waals surface area contributed by atoms with E-state index in [4.69, 9.17) is 14.6 Å². The number of rotatable bonds is 17. The second-order valence-electron chi connectivity index (χ2n) is 9.36. The van der Waals surface area contributed by atoms with Crippen LogP contribution in [-0.4, -0.2) is 46.7 Å². The average Bonchev–Trinajstić information content (AvgIpc) is 2.94. The molecule has 0 aliphatic carbocycles. The number of ether oxygens (including phenoxy) is 2. The third-order valence-electron chi connectivity index (χ3n) is 6.29. The lowest BCUT2D eigenvalue weighted by molar-refractivity contribution is -0.136. The number of aromatic hydroxyl groups is 1. The number of aliphatic carboxylic acids is 1. The molecule has 212 valence electrons. The zero-order chi connectivity index (χ0) is 28.9. The summed E-state index contributed by atoms with van der Waals surface area (Å²) in [6, 6.07) is 20.0. The van der Waals surface area contributed by atoms with Crippen LogP contribution >= 0.6 is 11.8 Å². The summed E-state index contributed by atoms with van der Waals surface area (Å²) in [7, 11) is 0. The van der Waals surface area contributed by atoms with Crippen LogP contribution in [0, 0.1) is 0 Å². The second-order valence-corrected chi connectivity index (χ2v) is 10.7. The number of hydrogen-bond acceptors (Lipinski definition) is 7. The summed E-state index contributed by atoms with van der Waals surface area (Å²) in [6.45, 7) is 4.22. The van der Waals surface area contributed by atoms with E-state index in [0.29, 0.717) is 60.0 Å². The van der Waals surface area contributed by atoms with Crippen molar-refractivity contribution in [3.63, 3.8) is 0 Å². The summed E-state index contributed by atoms with van der Waals surface area (Å²) >= 11 is 1.48. The van der Waals surface area contributed by atoms with Crippen LogP contribution in [0.25, 0.3) is 0 Å². The van der Waals surface area contributed by atoms with Gasteiger partial charge < -0.3 is 19.7 Å². The molecule has 0 saturated carbocycles. The highest BCUT2D eigenvalue weighted by Crippen LogP contribution is 2.34. The lowest BCUT2D eigenvalue weighted by Crippen LogP contribution is -2.08. The second kappa shape index (κ2) is 15.7. The molecule has 7 nitrogen and oxygen atoms in total. The molecule has 0 aromatic heterocycles. The standard InChI is InChI=1S/C32H36O7S/c1-3-8-27-29(16-15-26(22(2)33)32(27)37)39-19-7-18-38-25-13-11-23(12-14-25)28(34)21-30(40-20-17-31(35)36)24-9-5-4-6-10-24/h4-6,9-16,30,37H,3,7-8,17-21H2,1-2H3,(H,35,36). The van der Waals surface area contributed by atoms with E-state index in [2.05, 4.69) is 0 Å². The first kappa shape index (κ1) is 30.8. The summed E-state index contributed by atoms with van der Waals surface area (Å²) in [5.74, 6) is 0.586. The van der Waals surface area contributed by atoms with Gasteiger partial charge in [0.1, 0.15) is 17.2 Å². The van der Waals surface area contributed by atoms with E-state index in [1.807, 2.05) is 37.3 Å². The molecular weight excluding hydrogens is 528 g/mol. The summed E-state index contributed by atoms with van der Waals surface area (Å²) < 4.78 is 11.7. The van der Waals surface area contributed by atoms with Gasteiger partial charge in [-0.1, -0.05) is 43.7 Å². The van der Waals surface area contributed by atoms with Crippen LogP contribution in [0.2, 0.25) is 0 Å². The number of thioether (sulfide) groups is 1. The van der Waals surface area contributed by atoms with Gasteiger partial charge in [-0.05, 0) is 55.3 Å². The van der Waals surface area contributed by atoms with Crippen molar-refractivity contribution in [3.05, 3.63) is 89.0 Å². The van der Waals surface area contributed by atoms with Gasteiger partial charge in [-0.25, -0.2) is 0 Å². The summed E-state index contributed by atoms with van der Waals surface area (Å²) in [5.41, 5.74) is 2.52. The largest absolute Gasteiger partial charge is 0.507 e. The molecule has 40 heavy (non-hydrogen) atoms. The highest BCUT2D eigenvalue weighted by Gasteiger charge is 2.19. The number of carboxylic acid groups (broad SMARTS) is 1. The Hall–Kier alpha value is -3.78. The number of benzene rings is 3. The van der Waals surface area contributed by atoms with Gasteiger partial charge in [0.15, 0.2) is 11.6 Å². The van der Waals surface area contributed by atoms with Gasteiger partial charge in [0.05, 0.1) is 25.2 Å². The molecule has 2 N–H and O–H groups in total. The molecule has 0 aliphatic rings. The first-order valence-corrected chi connectivity index (χ1v) is 14.5. The average molecular weight is 565 g/mol. The molecule has 0 fully saturated rings. The minimum absolute atomic E-state index is 0.00770. The molecule has 0 amide bonds.